The van der Waals surface area contributed by atoms with Gasteiger partial charge in [0.15, 0.2) is 0 Å². The Morgan fingerprint density at radius 2 is 1.84 bits per heavy atom. The number of hydrogen-bond acceptors (Lipinski definition) is 4. The molecule has 2 aromatic rings. The van der Waals surface area contributed by atoms with E-state index in [4.69, 9.17) is 4.74 Å². The first-order chi connectivity index (χ1) is 11.7. The van der Waals surface area contributed by atoms with Crippen LogP contribution >= 0.6 is 0 Å². The lowest BCUT2D eigenvalue weighted by molar-refractivity contribution is -0.138. The molecule has 0 saturated carbocycles. The fourth-order valence-electron chi connectivity index (χ4n) is 2.29. The largest absolute Gasteiger partial charge is 0.492 e. The van der Waals surface area contributed by atoms with Gasteiger partial charge in [0.25, 0.3) is 5.56 Å². The summed E-state index contributed by atoms with van der Waals surface area (Å²) in [7, 11) is 2.91. The van der Waals surface area contributed by atoms with Gasteiger partial charge in [-0.25, -0.2) is 4.79 Å². The number of alkyl halides is 3. The summed E-state index contributed by atoms with van der Waals surface area (Å²) in [5.74, 6) is -0.241. The van der Waals surface area contributed by atoms with Crippen LogP contribution in [0.5, 0.6) is 5.75 Å². The minimum absolute atomic E-state index is 0.000820. The van der Waals surface area contributed by atoms with Gasteiger partial charge in [0.1, 0.15) is 12.4 Å². The first-order valence-corrected chi connectivity index (χ1v) is 7.47. The molecule has 25 heavy (non-hydrogen) atoms. The number of hydrogen-bond donors (Lipinski definition) is 1. The lowest BCUT2D eigenvalue weighted by atomic mass is 10.2. The van der Waals surface area contributed by atoms with E-state index in [1.54, 1.807) is 0 Å². The Morgan fingerprint density at radius 3 is 2.52 bits per heavy atom. The monoisotopic (exact) mass is 357 g/mol. The van der Waals surface area contributed by atoms with Crippen LogP contribution in [0.3, 0.4) is 0 Å². The average molecular weight is 357 g/mol. The summed E-state index contributed by atoms with van der Waals surface area (Å²) in [4.78, 5) is 23.5. The zero-order chi connectivity index (χ0) is 18.6. The van der Waals surface area contributed by atoms with Crippen LogP contribution in [-0.4, -0.2) is 22.3 Å². The summed E-state index contributed by atoms with van der Waals surface area (Å²) < 4.78 is 46.0. The lowest BCUT2D eigenvalue weighted by Gasteiger charge is -2.14. The standard InChI is InChI=1S/C16H18F3N3O3/c1-21-10-11(14(23)22(2)15(21)24)9-20-7-8-25-13-6-4-3-5-12(13)16(17,18)19/h3-6,10,20H,7-9H2,1-2H3. The van der Waals surface area contributed by atoms with E-state index in [9.17, 15) is 22.8 Å². The maximum atomic E-state index is 12.8. The van der Waals surface area contributed by atoms with Crippen LogP contribution in [-0.2, 0) is 26.8 Å². The van der Waals surface area contributed by atoms with E-state index in [-0.39, 0.29) is 25.4 Å². The van der Waals surface area contributed by atoms with Gasteiger partial charge in [0.05, 0.1) is 5.56 Å². The van der Waals surface area contributed by atoms with Gasteiger partial charge in [0, 0.05) is 38.9 Å². The molecule has 1 heterocycles. The molecule has 0 spiro atoms. The van der Waals surface area contributed by atoms with Crippen LogP contribution in [0.4, 0.5) is 13.2 Å². The highest BCUT2D eigenvalue weighted by molar-refractivity contribution is 5.35. The molecule has 0 aliphatic carbocycles. The second-order valence-corrected chi connectivity index (χ2v) is 5.43. The van der Waals surface area contributed by atoms with Gasteiger partial charge >= 0.3 is 11.9 Å². The highest BCUT2D eigenvalue weighted by atomic mass is 19.4. The molecule has 0 aliphatic rings. The normalized spacial score (nSPS) is 11.6. The van der Waals surface area contributed by atoms with Gasteiger partial charge in [-0.2, -0.15) is 13.2 Å². The van der Waals surface area contributed by atoms with Crippen LogP contribution in [0.15, 0.2) is 40.1 Å². The fraction of sp³-hybridized carbons (Fsp3) is 0.375. The number of para-hydroxylation sites is 1. The van der Waals surface area contributed by atoms with E-state index in [1.165, 1.54) is 43.1 Å². The van der Waals surface area contributed by atoms with Crippen molar-refractivity contribution >= 4 is 0 Å². The van der Waals surface area contributed by atoms with Crippen LogP contribution in [0.25, 0.3) is 0 Å². The molecular formula is C16H18F3N3O3. The molecule has 136 valence electrons. The van der Waals surface area contributed by atoms with Crippen molar-refractivity contribution in [2.45, 2.75) is 12.7 Å². The van der Waals surface area contributed by atoms with Crippen LogP contribution in [0.2, 0.25) is 0 Å². The van der Waals surface area contributed by atoms with Gasteiger partial charge in [-0.1, -0.05) is 12.1 Å². The van der Waals surface area contributed by atoms with Gasteiger partial charge < -0.3 is 14.6 Å². The second kappa shape index (κ2) is 7.56. The van der Waals surface area contributed by atoms with E-state index in [2.05, 4.69) is 5.32 Å². The molecule has 2 rings (SSSR count). The van der Waals surface area contributed by atoms with Crippen molar-refractivity contribution in [3.8, 4) is 5.75 Å². The summed E-state index contributed by atoms with van der Waals surface area (Å²) in [5.41, 5.74) is -1.30. The second-order valence-electron chi connectivity index (χ2n) is 5.43. The van der Waals surface area contributed by atoms with Crippen molar-refractivity contribution in [2.75, 3.05) is 13.2 Å². The molecule has 1 aromatic carbocycles. The quantitative estimate of drug-likeness (QED) is 0.791. The Balaban J connectivity index is 1.92. The molecule has 0 radical (unpaired) electrons. The van der Waals surface area contributed by atoms with Crippen molar-refractivity contribution in [2.24, 2.45) is 14.1 Å². The number of nitrogens with one attached hydrogen (secondary N) is 1. The number of rotatable bonds is 6. The summed E-state index contributed by atoms with van der Waals surface area (Å²) in [6, 6.07) is 4.97. The van der Waals surface area contributed by atoms with Gasteiger partial charge in [-0.15, -0.1) is 0 Å². The van der Waals surface area contributed by atoms with Crippen molar-refractivity contribution in [1.29, 1.82) is 0 Å². The third-order valence-electron chi connectivity index (χ3n) is 3.56. The Hall–Kier alpha value is -2.55. The van der Waals surface area contributed by atoms with Gasteiger partial charge in [-0.05, 0) is 12.1 Å². The Morgan fingerprint density at radius 1 is 1.16 bits per heavy atom. The van der Waals surface area contributed by atoms with Gasteiger partial charge in [-0.3, -0.25) is 9.36 Å². The maximum absolute atomic E-state index is 12.8. The SMILES string of the molecule is Cn1cc(CNCCOc2ccccc2C(F)(F)F)c(=O)n(C)c1=O. The highest BCUT2D eigenvalue weighted by Crippen LogP contribution is 2.35. The summed E-state index contributed by atoms with van der Waals surface area (Å²) >= 11 is 0. The fourth-order valence-corrected chi connectivity index (χ4v) is 2.29. The predicted molar refractivity (Wildman–Crippen MR) is 85.6 cm³/mol. The minimum atomic E-state index is -4.48. The van der Waals surface area contributed by atoms with E-state index < -0.39 is 23.0 Å². The van der Waals surface area contributed by atoms with Crippen LogP contribution in [0.1, 0.15) is 11.1 Å². The third-order valence-corrected chi connectivity index (χ3v) is 3.56. The molecule has 0 unspecified atom stereocenters. The first-order valence-electron chi connectivity index (χ1n) is 7.47. The summed E-state index contributed by atoms with van der Waals surface area (Å²) in [5, 5.41) is 2.91. The molecule has 0 amide bonds. The highest BCUT2D eigenvalue weighted by Gasteiger charge is 2.33. The van der Waals surface area contributed by atoms with Crippen LogP contribution < -0.4 is 21.3 Å². The van der Waals surface area contributed by atoms with E-state index in [0.717, 1.165) is 10.6 Å². The van der Waals surface area contributed by atoms with Crippen molar-refractivity contribution in [3.63, 3.8) is 0 Å². The molecule has 0 saturated heterocycles. The molecular weight excluding hydrogens is 339 g/mol. The minimum Gasteiger partial charge on any atom is -0.492 e. The molecule has 0 fully saturated rings. The molecule has 9 heteroatoms. The number of benzene rings is 1. The zero-order valence-corrected chi connectivity index (χ0v) is 13.8. The number of aromatic nitrogens is 2. The average Bonchev–Trinajstić information content (AvgIpc) is 2.56. The van der Waals surface area contributed by atoms with Gasteiger partial charge in [0.2, 0.25) is 0 Å². The Labute approximate surface area is 141 Å². The summed E-state index contributed by atoms with van der Waals surface area (Å²) in [6.07, 6.45) is -3.05. The lowest BCUT2D eigenvalue weighted by Crippen LogP contribution is -2.39. The molecule has 0 bridgehead atoms. The molecule has 0 atom stereocenters. The van der Waals surface area contributed by atoms with Crippen molar-refractivity contribution in [3.05, 3.63) is 62.4 Å². The number of ether oxygens (including phenoxy) is 1. The summed E-state index contributed by atoms with van der Waals surface area (Å²) in [6.45, 7) is 0.405. The van der Waals surface area contributed by atoms with E-state index in [1.807, 2.05) is 0 Å². The third kappa shape index (κ3) is 4.50. The molecule has 1 aromatic heterocycles. The van der Waals surface area contributed by atoms with E-state index in [0.29, 0.717) is 5.56 Å². The smallest absolute Gasteiger partial charge is 0.419 e. The zero-order valence-electron chi connectivity index (χ0n) is 13.8. The predicted octanol–water partition coefficient (Wildman–Crippen LogP) is 1.27. The number of nitrogens with zero attached hydrogens (tertiary/aromatic N) is 2. The maximum Gasteiger partial charge on any atom is 0.419 e. The molecule has 1 N–H and O–H groups in total. The number of halogens is 3. The topological polar surface area (TPSA) is 65.3 Å². The van der Waals surface area contributed by atoms with Crippen LogP contribution in [0, 0.1) is 0 Å². The molecule has 0 aliphatic heterocycles. The first kappa shape index (κ1) is 18.8. The Bertz CT molecular complexity index is 856. The molecule has 6 nitrogen and oxygen atoms in total. The van der Waals surface area contributed by atoms with E-state index >= 15 is 0 Å². The van der Waals surface area contributed by atoms with Crippen molar-refractivity contribution in [1.82, 2.24) is 14.5 Å². The number of aryl methyl sites for hydroxylation is 1. The van der Waals surface area contributed by atoms with Crippen molar-refractivity contribution < 1.29 is 17.9 Å². The Kier molecular flexibility index (Phi) is 5.68.